The summed E-state index contributed by atoms with van der Waals surface area (Å²) >= 11 is 1.14. The number of hydrogen-bond donors (Lipinski definition) is 2. The first-order chi connectivity index (χ1) is 35.3. The van der Waals surface area contributed by atoms with Crippen molar-refractivity contribution in [1.29, 1.82) is 0 Å². The van der Waals surface area contributed by atoms with Crippen molar-refractivity contribution in [1.82, 2.24) is 30.4 Å². The van der Waals surface area contributed by atoms with Crippen LogP contribution < -0.4 is 10.6 Å². The quantitative estimate of drug-likeness (QED) is 0.00901. The summed E-state index contributed by atoms with van der Waals surface area (Å²) in [7, 11) is 4.24. The number of ketones is 1. The van der Waals surface area contributed by atoms with Gasteiger partial charge >= 0.3 is 23.6 Å². The fourth-order valence-electron chi connectivity index (χ4n) is 8.62. The molecule has 406 valence electrons. The van der Waals surface area contributed by atoms with E-state index in [1.165, 1.54) is 40.9 Å². The molecule has 3 amide bonds. The molecule has 0 spiro atoms. The highest BCUT2D eigenvalue weighted by Gasteiger charge is 2.39. The molecule has 1 aliphatic rings. The first-order valence-corrected chi connectivity index (χ1v) is 28.5. The van der Waals surface area contributed by atoms with Crippen LogP contribution in [0.4, 0.5) is 5.69 Å². The minimum atomic E-state index is -1.01. The monoisotopic (exact) mass is 1080 g/mol. The van der Waals surface area contributed by atoms with Gasteiger partial charge in [0.2, 0.25) is 17.7 Å². The Hall–Kier alpha value is -5.45. The lowest BCUT2D eigenvalue weighted by molar-refractivity contribution is -0.388. The van der Waals surface area contributed by atoms with Crippen LogP contribution in [0, 0.1) is 33.8 Å². The lowest BCUT2D eigenvalue weighted by Crippen LogP contribution is -2.59. The Morgan fingerprint density at radius 3 is 2.39 bits per heavy atom. The van der Waals surface area contributed by atoms with Gasteiger partial charge in [-0.05, 0) is 85.9 Å². The summed E-state index contributed by atoms with van der Waals surface area (Å²) in [6, 6.07) is 10.4. The average molecular weight is 1080 g/mol. The van der Waals surface area contributed by atoms with E-state index >= 15 is 0 Å². The van der Waals surface area contributed by atoms with Gasteiger partial charge in [0.1, 0.15) is 29.9 Å². The Morgan fingerprint density at radius 1 is 0.986 bits per heavy atom. The fraction of sp³-hybridized carbons (Fsp3) is 0.596. The molecule has 3 aromatic rings. The molecule has 0 saturated carbocycles. The van der Waals surface area contributed by atoms with Crippen LogP contribution in [-0.4, -0.2) is 123 Å². The van der Waals surface area contributed by atoms with E-state index in [2.05, 4.69) is 15.6 Å². The smallest absolute Gasteiger partial charge is 0.325 e. The van der Waals surface area contributed by atoms with Crippen molar-refractivity contribution in [2.24, 2.45) is 23.7 Å². The number of benzene rings is 1. The van der Waals surface area contributed by atoms with Crippen molar-refractivity contribution in [3.05, 3.63) is 80.4 Å². The Balaban J connectivity index is 1.48. The van der Waals surface area contributed by atoms with Gasteiger partial charge in [0.25, 0.3) is 0 Å². The molecule has 19 nitrogen and oxygen atoms in total. The van der Waals surface area contributed by atoms with Crippen LogP contribution in [0.2, 0.25) is 0 Å². The number of piperidine rings is 1. The summed E-state index contributed by atoms with van der Waals surface area (Å²) in [5, 5.41) is 19.1. The van der Waals surface area contributed by atoms with Gasteiger partial charge in [-0.2, -0.15) is 0 Å². The number of hydrogen-bond acceptors (Lipinski definition) is 18. The van der Waals surface area contributed by atoms with Gasteiger partial charge in [0.05, 0.1) is 11.0 Å². The Kier molecular flexibility index (Phi) is 26.0. The summed E-state index contributed by atoms with van der Waals surface area (Å²) < 4.78 is 16.9. The molecule has 74 heavy (non-hydrogen) atoms. The molecule has 7 atom stereocenters. The molecule has 0 bridgehead atoms. The number of likely N-dealkylation sites (tertiary alicyclic amines) is 1. The van der Waals surface area contributed by atoms with Crippen molar-refractivity contribution in [2.45, 2.75) is 142 Å². The summed E-state index contributed by atoms with van der Waals surface area (Å²) in [5.74, 6) is -4.28. The second kappa shape index (κ2) is 31.4. The van der Waals surface area contributed by atoms with E-state index in [1.54, 1.807) is 12.3 Å². The number of pyridine rings is 1. The van der Waals surface area contributed by atoms with Gasteiger partial charge in [-0.15, -0.1) is 11.3 Å². The van der Waals surface area contributed by atoms with Crippen LogP contribution in [0.5, 0.6) is 0 Å². The standard InChI is InChI=1S/C52H73N7O12S3/c1-9-17-45(62)70-32-58(52(66)47(34(5)10-2)56-49(65)40-20-14-15-23-57(40)8)42(33(3)4)29-44(71-36(7)60)51-55-39(31-72-51)43(61)28-38(27-37-18-12-11-13-19-37)26-35(6)48(64)54-30-46(63)69-24-25-73-74-50-41(59(67)68)21-16-22-53-50/h11-13,16,18-19,21-22,31,33-35,38,40,42,44,47H,9-10,14-15,17,20,23-30,32H2,1-8H3,(H,54,64)(H,56,65)/t34?,35-,38+,40+,42+,44+,47-/m0/s1. The molecule has 3 heterocycles. The first kappa shape index (κ1) is 61.1. The molecule has 2 N–H and O–H groups in total. The molecule has 1 saturated heterocycles. The third-order valence-corrected chi connectivity index (χ3v) is 16.1. The number of ether oxygens (including phenoxy) is 3. The van der Waals surface area contributed by atoms with Crippen LogP contribution in [-0.2, 0) is 49.4 Å². The molecule has 1 unspecified atom stereocenters. The zero-order chi connectivity index (χ0) is 54.3. The Bertz CT molecular complexity index is 2340. The van der Waals surface area contributed by atoms with Gasteiger partial charge in [-0.1, -0.05) is 95.5 Å². The molecular formula is C52H73N7O12S3. The number of amides is 3. The number of esters is 3. The minimum absolute atomic E-state index is 0.00871. The fourth-order valence-corrected chi connectivity index (χ4v) is 11.3. The van der Waals surface area contributed by atoms with Crippen LogP contribution in [0.25, 0.3) is 0 Å². The molecule has 4 rings (SSSR count). The van der Waals surface area contributed by atoms with Gasteiger partial charge in [0, 0.05) is 61.5 Å². The lowest BCUT2D eigenvalue weighted by Gasteiger charge is -2.39. The number of nitrogens with zero attached hydrogens (tertiary/aromatic N) is 5. The second-order valence-corrected chi connectivity index (χ2v) is 22.3. The van der Waals surface area contributed by atoms with E-state index in [4.69, 9.17) is 19.2 Å². The molecular weight excluding hydrogens is 1010 g/mol. The molecule has 2 aromatic heterocycles. The number of likely N-dealkylation sites (N-methyl/N-ethyl adjacent to an activating group) is 1. The highest BCUT2D eigenvalue weighted by Crippen LogP contribution is 2.36. The van der Waals surface area contributed by atoms with Crippen LogP contribution >= 0.6 is 32.9 Å². The van der Waals surface area contributed by atoms with E-state index < -0.39 is 71.5 Å². The molecule has 1 fully saturated rings. The molecule has 0 aliphatic carbocycles. The minimum Gasteiger partial charge on any atom is -0.463 e. The average Bonchev–Trinajstić information content (AvgIpc) is 3.87. The predicted octanol–water partition coefficient (Wildman–Crippen LogP) is 8.17. The number of aromatic nitrogens is 2. The van der Waals surface area contributed by atoms with Crippen molar-refractivity contribution in [3.8, 4) is 0 Å². The van der Waals surface area contributed by atoms with E-state index in [-0.39, 0.29) is 78.3 Å². The van der Waals surface area contributed by atoms with Crippen LogP contribution in [0.1, 0.15) is 133 Å². The molecule has 22 heteroatoms. The van der Waals surface area contributed by atoms with Crippen molar-refractivity contribution < 1.29 is 52.7 Å². The largest absolute Gasteiger partial charge is 0.463 e. The maximum absolute atomic E-state index is 14.9. The van der Waals surface area contributed by atoms with E-state index in [0.29, 0.717) is 42.9 Å². The number of carbonyl (C=O) groups excluding carboxylic acids is 7. The van der Waals surface area contributed by atoms with Gasteiger partial charge in [-0.3, -0.25) is 48.6 Å². The van der Waals surface area contributed by atoms with Crippen LogP contribution in [0.3, 0.4) is 0 Å². The van der Waals surface area contributed by atoms with E-state index in [9.17, 15) is 43.7 Å². The number of Topliss-reactive ketones (excluding diaryl/α,β-unsaturated/α-hetero) is 1. The normalized spacial score (nSPS) is 16.1. The summed E-state index contributed by atoms with van der Waals surface area (Å²) in [6.45, 7) is 12.5. The maximum Gasteiger partial charge on any atom is 0.325 e. The van der Waals surface area contributed by atoms with Crippen molar-refractivity contribution in [3.63, 3.8) is 0 Å². The Morgan fingerprint density at radius 2 is 1.73 bits per heavy atom. The number of rotatable bonds is 31. The highest BCUT2D eigenvalue weighted by molar-refractivity contribution is 8.76. The SMILES string of the molecule is CCCC(=O)OCN(C(=O)[C@@H](NC(=O)[C@H]1CCCCN1C)C(C)CC)[C@H](C[C@@H](OC(C)=O)c1nc(C(=O)C[C@@H](Cc2ccccc2)C[C@H](C)C(=O)NCC(=O)OCCSSc2ncccc2[N+](=O)[O-])cs1)C(C)C. The number of nitro groups is 1. The number of carbonyl (C=O) groups is 7. The molecule has 1 aliphatic heterocycles. The molecule has 0 radical (unpaired) electrons. The van der Waals surface area contributed by atoms with Crippen LogP contribution in [0.15, 0.2) is 59.1 Å². The van der Waals surface area contributed by atoms with Gasteiger partial charge in [0.15, 0.2) is 23.6 Å². The van der Waals surface area contributed by atoms with E-state index in [0.717, 1.165) is 47.1 Å². The van der Waals surface area contributed by atoms with Gasteiger partial charge < -0.3 is 29.7 Å². The van der Waals surface area contributed by atoms with Crippen molar-refractivity contribution in [2.75, 3.05) is 39.2 Å². The Labute approximate surface area is 446 Å². The van der Waals surface area contributed by atoms with Gasteiger partial charge in [-0.25, -0.2) is 9.97 Å². The summed E-state index contributed by atoms with van der Waals surface area (Å²) in [4.78, 5) is 117. The summed E-state index contributed by atoms with van der Waals surface area (Å²) in [5.41, 5.74) is 0.981. The topological polar surface area (TPSA) is 247 Å². The zero-order valence-electron chi connectivity index (χ0n) is 43.8. The third kappa shape index (κ3) is 19.7. The second-order valence-electron chi connectivity index (χ2n) is 19.0. The zero-order valence-corrected chi connectivity index (χ0v) is 46.2. The number of nitrogens with one attached hydrogen (secondary N) is 2. The first-order valence-electron chi connectivity index (χ1n) is 25.3. The lowest BCUT2D eigenvalue weighted by atomic mass is 9.86. The number of thiazole rings is 1. The predicted molar refractivity (Wildman–Crippen MR) is 284 cm³/mol. The third-order valence-electron chi connectivity index (χ3n) is 12.9. The van der Waals surface area contributed by atoms with E-state index in [1.807, 2.05) is 76.9 Å². The van der Waals surface area contributed by atoms with Crippen molar-refractivity contribution >= 4 is 80.0 Å². The maximum atomic E-state index is 14.9. The highest BCUT2D eigenvalue weighted by atomic mass is 33.1. The summed E-state index contributed by atoms with van der Waals surface area (Å²) in [6.07, 6.45) is 5.05. The molecule has 1 aromatic carbocycles.